The molecule has 3 aliphatic heterocycles. The van der Waals surface area contributed by atoms with Crippen LogP contribution in [-0.2, 0) is 15.8 Å². The van der Waals surface area contributed by atoms with Crippen molar-refractivity contribution in [3.05, 3.63) is 125 Å². The Morgan fingerprint density at radius 1 is 0.780 bits per heavy atom. The smallest absolute Gasteiger partial charge is 0.359 e. The van der Waals surface area contributed by atoms with Crippen LogP contribution in [0.2, 0.25) is 5.02 Å². The molecule has 41 heavy (non-hydrogen) atoms. The largest absolute Gasteiger partial charge is 0.418 e. The van der Waals surface area contributed by atoms with Gasteiger partial charge in [-0.3, -0.25) is 19.2 Å². The van der Waals surface area contributed by atoms with Crippen LogP contribution >= 0.6 is 11.6 Å². The van der Waals surface area contributed by atoms with Crippen molar-refractivity contribution in [3.63, 3.8) is 0 Å². The Bertz CT molecular complexity index is 1650. The fourth-order valence-corrected chi connectivity index (χ4v) is 6.01. The zero-order chi connectivity index (χ0) is 29.1. The molecule has 0 spiro atoms. The number of Topliss-reactive ketones (excluding diaryl/α,β-unsaturated/α-hetero) is 2. The highest BCUT2D eigenvalue weighted by molar-refractivity contribution is 6.30. The number of amides is 2. The zero-order valence-corrected chi connectivity index (χ0v) is 21.8. The second kappa shape index (κ2) is 9.85. The van der Waals surface area contributed by atoms with Crippen molar-refractivity contribution >= 4 is 40.7 Å². The molecule has 0 N–H and O–H groups in total. The van der Waals surface area contributed by atoms with E-state index in [2.05, 4.69) is 0 Å². The van der Waals surface area contributed by atoms with Gasteiger partial charge in [0.15, 0.2) is 11.6 Å². The molecule has 3 aromatic rings. The first-order chi connectivity index (χ1) is 19.6. The summed E-state index contributed by atoms with van der Waals surface area (Å²) in [6.07, 6.45) is -0.290. The molecule has 2 amide bonds. The summed E-state index contributed by atoms with van der Waals surface area (Å²) in [5.41, 5.74) is -0.876. The van der Waals surface area contributed by atoms with Gasteiger partial charge in [-0.15, -0.1) is 0 Å². The van der Waals surface area contributed by atoms with Crippen LogP contribution in [0.1, 0.15) is 26.3 Å². The number of carbonyl (C=O) groups is 4. The number of rotatable bonds is 5. The number of alkyl halides is 3. The Hall–Kier alpha value is -4.50. The summed E-state index contributed by atoms with van der Waals surface area (Å²) in [6.45, 7) is 0. The highest BCUT2D eigenvalue weighted by atomic mass is 35.5. The Labute approximate surface area is 237 Å². The van der Waals surface area contributed by atoms with Gasteiger partial charge >= 0.3 is 6.18 Å². The van der Waals surface area contributed by atoms with E-state index in [-0.39, 0.29) is 16.9 Å². The van der Waals surface area contributed by atoms with Gasteiger partial charge in [0.25, 0.3) is 0 Å². The van der Waals surface area contributed by atoms with Gasteiger partial charge in [0.1, 0.15) is 6.04 Å². The molecule has 10 heteroatoms. The van der Waals surface area contributed by atoms with Crippen LogP contribution in [0.25, 0.3) is 0 Å². The molecule has 2 fully saturated rings. The number of ketones is 2. The number of allylic oxidation sites excluding steroid dienone is 2. The van der Waals surface area contributed by atoms with E-state index in [1.165, 1.54) is 54.8 Å². The van der Waals surface area contributed by atoms with Gasteiger partial charge in [-0.2, -0.15) is 13.2 Å². The van der Waals surface area contributed by atoms with Crippen LogP contribution in [0.4, 0.5) is 18.9 Å². The Morgan fingerprint density at radius 2 is 1.41 bits per heavy atom. The predicted molar refractivity (Wildman–Crippen MR) is 144 cm³/mol. The summed E-state index contributed by atoms with van der Waals surface area (Å²) >= 11 is 5.98. The number of para-hydroxylation sites is 1. The summed E-state index contributed by atoms with van der Waals surface area (Å²) in [7, 11) is 0. The minimum atomic E-state index is -4.83. The lowest BCUT2D eigenvalue weighted by Gasteiger charge is -2.33. The lowest BCUT2D eigenvalue weighted by Crippen LogP contribution is -2.46. The van der Waals surface area contributed by atoms with Crippen LogP contribution in [0, 0.1) is 11.8 Å². The fourth-order valence-electron chi connectivity index (χ4n) is 5.88. The van der Waals surface area contributed by atoms with Crippen molar-refractivity contribution in [3.8, 4) is 0 Å². The van der Waals surface area contributed by atoms with Crippen molar-refractivity contribution in [2.75, 3.05) is 4.90 Å². The third-order valence-corrected chi connectivity index (χ3v) is 7.95. The second-order valence-electron chi connectivity index (χ2n) is 9.97. The highest BCUT2D eigenvalue weighted by Gasteiger charge is 2.64. The van der Waals surface area contributed by atoms with Gasteiger partial charge < -0.3 is 4.90 Å². The van der Waals surface area contributed by atoms with E-state index in [4.69, 9.17) is 11.6 Å². The molecule has 3 heterocycles. The van der Waals surface area contributed by atoms with Gasteiger partial charge in [0.05, 0.1) is 29.1 Å². The quantitative estimate of drug-likeness (QED) is 0.286. The molecule has 0 radical (unpaired) electrons. The van der Waals surface area contributed by atoms with Gasteiger partial charge in [-0.05, 0) is 42.5 Å². The summed E-state index contributed by atoms with van der Waals surface area (Å²) in [5.74, 6) is -5.09. The normalized spacial score (nSPS) is 23.4. The molecule has 3 aromatic carbocycles. The molecule has 2 saturated heterocycles. The summed E-state index contributed by atoms with van der Waals surface area (Å²) in [6, 6.07) is 16.6. The predicted octanol–water partition coefficient (Wildman–Crippen LogP) is 5.74. The van der Waals surface area contributed by atoms with Gasteiger partial charge in [-0.1, -0.05) is 60.1 Å². The summed E-state index contributed by atoms with van der Waals surface area (Å²) in [5, 5.41) is 0.385. The lowest BCUT2D eigenvalue weighted by atomic mass is 9.85. The SMILES string of the molecule is O=C(C1=C[C@H]2[C@H]3C(=O)N(c4ccccc4C(F)(F)F)C(=O)[C@@H]3[C@H](C(=O)c3ccc(Cl)cc3)N2C=C1)c1ccccc1. The van der Waals surface area contributed by atoms with E-state index in [1.54, 1.807) is 35.2 Å². The second-order valence-corrected chi connectivity index (χ2v) is 10.4. The zero-order valence-electron chi connectivity index (χ0n) is 21.1. The number of nitrogens with zero attached hydrogens (tertiary/aromatic N) is 2. The lowest BCUT2D eigenvalue weighted by molar-refractivity contribution is -0.137. The first kappa shape index (κ1) is 26.7. The maximum atomic E-state index is 13.9. The average Bonchev–Trinajstić information content (AvgIpc) is 3.44. The van der Waals surface area contributed by atoms with Crippen molar-refractivity contribution in [1.82, 2.24) is 4.90 Å². The van der Waals surface area contributed by atoms with E-state index in [0.29, 0.717) is 15.5 Å². The van der Waals surface area contributed by atoms with Crippen molar-refractivity contribution < 1.29 is 32.3 Å². The number of fused-ring (bicyclic) bond motifs is 3. The summed E-state index contributed by atoms with van der Waals surface area (Å²) < 4.78 is 41.7. The van der Waals surface area contributed by atoms with Gasteiger partial charge in [-0.25, -0.2) is 4.90 Å². The minimum absolute atomic E-state index is 0.219. The topological polar surface area (TPSA) is 74.8 Å². The van der Waals surface area contributed by atoms with Gasteiger partial charge in [0.2, 0.25) is 11.8 Å². The van der Waals surface area contributed by atoms with E-state index >= 15 is 0 Å². The number of carbonyl (C=O) groups excluding carboxylic acids is 4. The molecule has 0 bridgehead atoms. The molecule has 206 valence electrons. The maximum absolute atomic E-state index is 13.9. The van der Waals surface area contributed by atoms with E-state index < -0.39 is 58.9 Å². The first-order valence-electron chi connectivity index (χ1n) is 12.7. The van der Waals surface area contributed by atoms with Crippen LogP contribution in [-0.4, -0.2) is 40.4 Å². The monoisotopic (exact) mass is 576 g/mol. The molecular weight excluding hydrogens is 557 g/mol. The first-order valence-corrected chi connectivity index (χ1v) is 13.1. The van der Waals surface area contributed by atoms with Crippen molar-refractivity contribution in [2.24, 2.45) is 11.8 Å². The molecule has 0 aliphatic carbocycles. The van der Waals surface area contributed by atoms with Crippen LogP contribution < -0.4 is 4.90 Å². The molecule has 0 aromatic heterocycles. The number of imide groups is 1. The number of benzene rings is 3. The number of hydrogen-bond donors (Lipinski definition) is 0. The third kappa shape index (κ3) is 4.37. The molecule has 6 nitrogen and oxygen atoms in total. The number of halogens is 4. The maximum Gasteiger partial charge on any atom is 0.418 e. The average molecular weight is 577 g/mol. The Morgan fingerprint density at radius 3 is 2.10 bits per heavy atom. The van der Waals surface area contributed by atoms with Crippen molar-refractivity contribution in [1.29, 1.82) is 0 Å². The van der Waals surface area contributed by atoms with Crippen molar-refractivity contribution in [2.45, 2.75) is 18.3 Å². The highest BCUT2D eigenvalue weighted by Crippen LogP contribution is 2.49. The summed E-state index contributed by atoms with van der Waals surface area (Å²) in [4.78, 5) is 56.9. The molecule has 0 saturated carbocycles. The molecular formula is C31H20ClF3N2O4. The minimum Gasteiger partial charge on any atom is -0.359 e. The number of hydrogen-bond acceptors (Lipinski definition) is 5. The third-order valence-electron chi connectivity index (χ3n) is 7.69. The Balaban J connectivity index is 1.46. The Kier molecular flexibility index (Phi) is 6.42. The van der Waals surface area contributed by atoms with Gasteiger partial charge in [0, 0.05) is 27.9 Å². The standard InChI is InChI=1S/C31H20ClF3N2O4/c32-20-12-10-18(11-13-20)28(39)26-25-24(23-16-19(14-15-36(23)26)27(38)17-6-2-1-3-7-17)29(40)37(30(25)41)22-9-5-4-8-21(22)31(33,34)35/h1-16,23-26H/t23-,24+,25-,26+/m0/s1. The number of anilines is 1. The van der Waals surface area contributed by atoms with E-state index in [0.717, 1.165) is 12.1 Å². The van der Waals surface area contributed by atoms with E-state index in [9.17, 15) is 32.3 Å². The van der Waals surface area contributed by atoms with Crippen LogP contribution in [0.3, 0.4) is 0 Å². The molecule has 0 unspecified atom stereocenters. The molecule has 4 atom stereocenters. The van der Waals surface area contributed by atoms with Crippen LogP contribution in [0.5, 0.6) is 0 Å². The molecule has 6 rings (SSSR count). The molecule has 3 aliphatic rings. The fraction of sp³-hybridized carbons (Fsp3) is 0.161. The van der Waals surface area contributed by atoms with E-state index in [1.807, 2.05) is 0 Å². The van der Waals surface area contributed by atoms with Crippen LogP contribution in [0.15, 0.2) is 103 Å².